The molecule has 1 N–H and O–H groups in total. The van der Waals surface area contributed by atoms with E-state index < -0.39 is 10.0 Å². The third kappa shape index (κ3) is 4.55. The summed E-state index contributed by atoms with van der Waals surface area (Å²) in [4.78, 5) is 12.7. The highest BCUT2D eigenvalue weighted by Gasteiger charge is 2.19. The van der Waals surface area contributed by atoms with Crippen molar-refractivity contribution in [1.29, 1.82) is 5.26 Å². The van der Waals surface area contributed by atoms with E-state index in [1.807, 2.05) is 42.5 Å². The maximum atomic E-state index is 12.9. The zero-order valence-corrected chi connectivity index (χ0v) is 19.6. The van der Waals surface area contributed by atoms with E-state index in [1.54, 1.807) is 30.9 Å². The van der Waals surface area contributed by atoms with Gasteiger partial charge in [-0.3, -0.25) is 19.7 Å². The van der Waals surface area contributed by atoms with Crippen LogP contribution in [0.1, 0.15) is 5.56 Å². The highest BCUT2D eigenvalue weighted by atomic mass is 35.5. The Balaban J connectivity index is 1.52. The number of hydrogen-bond acceptors (Lipinski definition) is 6. The predicted molar refractivity (Wildman–Crippen MR) is 135 cm³/mol. The second-order valence-electron chi connectivity index (χ2n) is 7.65. The Labute approximate surface area is 206 Å². The normalized spacial score (nSPS) is 11.2. The van der Waals surface area contributed by atoms with Crippen LogP contribution in [0, 0.1) is 11.3 Å². The minimum Gasteiger partial charge on any atom is -0.278 e. The fraction of sp³-hybridized carbons (Fsp3) is 0. The molecular weight excluding hydrogens is 482 g/mol. The highest BCUT2D eigenvalue weighted by molar-refractivity contribution is 7.92. The lowest BCUT2D eigenvalue weighted by atomic mass is 9.98. The van der Waals surface area contributed by atoms with Crippen LogP contribution in [-0.2, 0) is 10.0 Å². The lowest BCUT2D eigenvalue weighted by Crippen LogP contribution is -2.13. The molecule has 0 unspecified atom stereocenters. The molecule has 0 bridgehead atoms. The molecule has 0 saturated carbocycles. The third-order valence-corrected chi connectivity index (χ3v) is 7.27. The first-order valence-electron chi connectivity index (χ1n) is 10.4. The summed E-state index contributed by atoms with van der Waals surface area (Å²) in [5.41, 5.74) is 5.00. The molecule has 0 aliphatic heterocycles. The van der Waals surface area contributed by atoms with Gasteiger partial charge in [0.25, 0.3) is 10.0 Å². The van der Waals surface area contributed by atoms with Gasteiger partial charge in [-0.1, -0.05) is 17.7 Å². The summed E-state index contributed by atoms with van der Waals surface area (Å²) in [5.74, 6) is 0. The highest BCUT2D eigenvalue weighted by Crippen LogP contribution is 2.32. The van der Waals surface area contributed by atoms with Crippen LogP contribution in [-0.4, -0.2) is 23.4 Å². The molecule has 0 saturated heterocycles. The van der Waals surface area contributed by atoms with Crippen molar-refractivity contribution in [1.82, 2.24) is 15.0 Å². The average Bonchev–Trinajstić information content (AvgIpc) is 2.88. The average molecular weight is 498 g/mol. The van der Waals surface area contributed by atoms with Crippen LogP contribution >= 0.6 is 11.6 Å². The summed E-state index contributed by atoms with van der Waals surface area (Å²) in [6, 6.07) is 19.3. The van der Waals surface area contributed by atoms with Gasteiger partial charge in [-0.15, -0.1) is 0 Å². The Morgan fingerprint density at radius 1 is 0.829 bits per heavy atom. The molecule has 0 atom stereocenters. The summed E-state index contributed by atoms with van der Waals surface area (Å²) in [6.07, 6.45) is 8.33. The summed E-state index contributed by atoms with van der Waals surface area (Å²) in [5, 5.41) is 9.90. The number of hydrogen-bond donors (Lipinski definition) is 1. The number of nitrogens with zero attached hydrogens (tertiary/aromatic N) is 4. The number of sulfonamides is 1. The zero-order valence-electron chi connectivity index (χ0n) is 18.1. The first-order valence-corrected chi connectivity index (χ1v) is 12.3. The minimum absolute atomic E-state index is 0.0358. The number of benzene rings is 2. The molecule has 3 aromatic heterocycles. The molecular formula is C26H16ClN5O2S. The van der Waals surface area contributed by atoms with Gasteiger partial charge in [0, 0.05) is 35.7 Å². The van der Waals surface area contributed by atoms with Crippen LogP contribution in [0.15, 0.2) is 96.5 Å². The molecule has 170 valence electrons. The molecule has 35 heavy (non-hydrogen) atoms. The molecule has 0 spiro atoms. The fourth-order valence-corrected chi connectivity index (χ4v) is 5.34. The summed E-state index contributed by atoms with van der Waals surface area (Å²) in [6.45, 7) is 0. The van der Waals surface area contributed by atoms with Gasteiger partial charge in [-0.2, -0.15) is 5.26 Å². The minimum atomic E-state index is -3.99. The van der Waals surface area contributed by atoms with Gasteiger partial charge in [0.05, 0.1) is 34.1 Å². The van der Waals surface area contributed by atoms with E-state index >= 15 is 0 Å². The van der Waals surface area contributed by atoms with Crippen LogP contribution in [0.3, 0.4) is 0 Å². The van der Waals surface area contributed by atoms with Gasteiger partial charge in [-0.25, -0.2) is 8.42 Å². The Morgan fingerprint density at radius 3 is 2.43 bits per heavy atom. The van der Waals surface area contributed by atoms with Crippen molar-refractivity contribution in [3.63, 3.8) is 0 Å². The van der Waals surface area contributed by atoms with Crippen LogP contribution in [0.25, 0.3) is 33.2 Å². The number of nitriles is 1. The van der Waals surface area contributed by atoms with Gasteiger partial charge < -0.3 is 0 Å². The Morgan fingerprint density at radius 2 is 1.66 bits per heavy atom. The first-order chi connectivity index (χ1) is 16.9. The van der Waals surface area contributed by atoms with E-state index in [0.29, 0.717) is 0 Å². The molecule has 0 radical (unpaired) electrons. The summed E-state index contributed by atoms with van der Waals surface area (Å²) in [7, 11) is -3.99. The third-order valence-electron chi connectivity index (χ3n) is 5.41. The largest absolute Gasteiger partial charge is 0.278 e. The number of pyridine rings is 3. The SMILES string of the molecule is N#Cc1ccc(S(=O)(=O)Nc2cncc(-c3ccc4nccc(-c5ccncc5)c4c3)c2)c(Cl)c1. The lowest BCUT2D eigenvalue weighted by molar-refractivity contribution is 0.601. The Kier molecular flexibility index (Phi) is 5.87. The molecule has 5 rings (SSSR count). The zero-order chi connectivity index (χ0) is 24.4. The van der Waals surface area contributed by atoms with Crippen molar-refractivity contribution in [3.8, 4) is 28.3 Å². The quantitative estimate of drug-likeness (QED) is 0.334. The molecule has 0 fully saturated rings. The maximum absolute atomic E-state index is 12.9. The van der Waals surface area contributed by atoms with Gasteiger partial charge in [0.15, 0.2) is 0 Å². The van der Waals surface area contributed by atoms with Gasteiger partial charge in [0.1, 0.15) is 4.90 Å². The van der Waals surface area contributed by atoms with Gasteiger partial charge in [0.2, 0.25) is 0 Å². The molecule has 3 heterocycles. The van der Waals surface area contributed by atoms with Crippen molar-refractivity contribution in [2.75, 3.05) is 4.72 Å². The van der Waals surface area contributed by atoms with Crippen molar-refractivity contribution in [2.24, 2.45) is 0 Å². The number of rotatable bonds is 5. The second-order valence-corrected chi connectivity index (χ2v) is 9.71. The Hall–Kier alpha value is -4.32. The second kappa shape index (κ2) is 9.14. The molecule has 9 heteroatoms. The van der Waals surface area contributed by atoms with E-state index in [-0.39, 0.29) is 21.2 Å². The number of fused-ring (bicyclic) bond motifs is 1. The molecule has 0 aliphatic carbocycles. The standard InChI is InChI=1S/C26H16ClN5O2S/c27-24-11-17(14-28)1-4-26(24)35(33,34)32-21-12-20(15-30-16-21)19-2-3-25-23(13-19)22(7-10-31-25)18-5-8-29-9-6-18/h1-13,15-16,32H. The number of halogens is 1. The van der Waals surface area contributed by atoms with E-state index in [9.17, 15) is 8.42 Å². The predicted octanol–water partition coefficient (Wildman–Crippen LogP) is 5.68. The van der Waals surface area contributed by atoms with Crippen molar-refractivity contribution in [2.45, 2.75) is 4.90 Å². The van der Waals surface area contributed by atoms with Gasteiger partial charge in [-0.05, 0) is 71.3 Å². The number of anilines is 1. The van der Waals surface area contributed by atoms with Crippen LogP contribution in [0.4, 0.5) is 5.69 Å². The van der Waals surface area contributed by atoms with Crippen LogP contribution < -0.4 is 4.72 Å². The van der Waals surface area contributed by atoms with Crippen LogP contribution in [0.2, 0.25) is 5.02 Å². The number of nitrogens with one attached hydrogen (secondary N) is 1. The molecule has 0 amide bonds. The smallest absolute Gasteiger partial charge is 0.263 e. The maximum Gasteiger partial charge on any atom is 0.263 e. The molecule has 2 aromatic carbocycles. The van der Waals surface area contributed by atoms with Gasteiger partial charge >= 0.3 is 0 Å². The van der Waals surface area contributed by atoms with Crippen molar-refractivity contribution < 1.29 is 8.42 Å². The Bertz CT molecular complexity index is 1720. The fourth-order valence-electron chi connectivity index (χ4n) is 3.76. The van der Waals surface area contributed by atoms with Crippen molar-refractivity contribution >= 4 is 38.2 Å². The van der Waals surface area contributed by atoms with Crippen molar-refractivity contribution in [3.05, 3.63) is 102 Å². The monoisotopic (exact) mass is 497 g/mol. The molecule has 5 aromatic rings. The van der Waals surface area contributed by atoms with E-state index in [1.165, 1.54) is 24.4 Å². The topological polar surface area (TPSA) is 109 Å². The first kappa shape index (κ1) is 22.5. The van der Waals surface area contributed by atoms with Crippen LogP contribution in [0.5, 0.6) is 0 Å². The molecule has 0 aliphatic rings. The molecule has 7 nitrogen and oxygen atoms in total. The van der Waals surface area contributed by atoms with E-state index in [2.05, 4.69) is 19.7 Å². The van der Waals surface area contributed by atoms with E-state index in [4.69, 9.17) is 16.9 Å². The van der Waals surface area contributed by atoms with E-state index in [0.717, 1.165) is 33.2 Å². The summed E-state index contributed by atoms with van der Waals surface area (Å²) >= 11 is 6.11. The lowest BCUT2D eigenvalue weighted by Gasteiger charge is -2.12. The summed E-state index contributed by atoms with van der Waals surface area (Å²) < 4.78 is 28.4. The number of aromatic nitrogens is 3.